The van der Waals surface area contributed by atoms with Gasteiger partial charge in [0, 0.05) is 5.56 Å². The van der Waals surface area contributed by atoms with Crippen molar-refractivity contribution in [3.8, 4) is 11.5 Å². The third kappa shape index (κ3) is 3.38. The molecule has 3 rings (SSSR count). The number of benzene rings is 1. The van der Waals surface area contributed by atoms with Crippen LogP contribution in [0.3, 0.4) is 0 Å². The van der Waals surface area contributed by atoms with Gasteiger partial charge in [0.25, 0.3) is 5.91 Å². The van der Waals surface area contributed by atoms with Crippen LogP contribution in [0.25, 0.3) is 11.5 Å². The fourth-order valence-corrected chi connectivity index (χ4v) is 2.25. The number of carbonyl (C=O) groups is 1. The average molecular weight is 326 g/mol. The summed E-state index contributed by atoms with van der Waals surface area (Å²) in [5.41, 5.74) is -0.370. The van der Waals surface area contributed by atoms with E-state index in [2.05, 4.69) is 10.3 Å². The third-order valence-electron chi connectivity index (χ3n) is 3.62. The highest BCUT2D eigenvalue weighted by atomic mass is 16.4. The Balaban J connectivity index is 1.66. The van der Waals surface area contributed by atoms with E-state index < -0.39 is 11.5 Å². The summed E-state index contributed by atoms with van der Waals surface area (Å²) in [6.07, 6.45) is 1.30. The van der Waals surface area contributed by atoms with E-state index in [1.54, 1.807) is 26.0 Å². The monoisotopic (exact) mass is 326 g/mol. The Kier molecular flexibility index (Phi) is 4.22. The first-order valence-electron chi connectivity index (χ1n) is 7.54. The van der Waals surface area contributed by atoms with Crippen LogP contribution in [0.2, 0.25) is 0 Å². The molecule has 124 valence electrons. The highest BCUT2D eigenvalue weighted by Gasteiger charge is 2.28. The summed E-state index contributed by atoms with van der Waals surface area (Å²) >= 11 is 0. The zero-order valence-corrected chi connectivity index (χ0v) is 13.4. The summed E-state index contributed by atoms with van der Waals surface area (Å²) in [5.74, 6) is 1.03. The van der Waals surface area contributed by atoms with Crippen molar-refractivity contribution in [2.75, 3.05) is 6.54 Å². The molecule has 24 heavy (non-hydrogen) atoms. The summed E-state index contributed by atoms with van der Waals surface area (Å²) in [7, 11) is 0. The number of aryl methyl sites for hydroxylation is 1. The molecule has 0 aliphatic rings. The lowest BCUT2D eigenvalue weighted by Crippen LogP contribution is -2.38. The quantitative estimate of drug-likeness (QED) is 0.752. The molecule has 3 aromatic rings. The lowest BCUT2D eigenvalue weighted by molar-refractivity contribution is 0.0322. The Morgan fingerprint density at radius 2 is 2.00 bits per heavy atom. The van der Waals surface area contributed by atoms with E-state index in [1.165, 1.54) is 6.26 Å². The molecular weight excluding hydrogens is 308 g/mol. The van der Waals surface area contributed by atoms with Crippen LogP contribution in [0, 0.1) is 6.92 Å². The van der Waals surface area contributed by atoms with Crippen molar-refractivity contribution >= 4 is 5.91 Å². The lowest BCUT2D eigenvalue weighted by Gasteiger charge is -2.20. The zero-order chi connectivity index (χ0) is 17.2. The number of hydrogen-bond acceptors (Lipinski definition) is 5. The van der Waals surface area contributed by atoms with E-state index in [0.29, 0.717) is 17.4 Å². The molecule has 0 spiro atoms. The normalized spacial score (nSPS) is 13.5. The van der Waals surface area contributed by atoms with Gasteiger partial charge in [-0.25, -0.2) is 4.98 Å². The first-order valence-corrected chi connectivity index (χ1v) is 7.54. The molecule has 0 radical (unpaired) electrons. The molecule has 0 bridgehead atoms. The molecule has 0 fully saturated rings. The summed E-state index contributed by atoms with van der Waals surface area (Å²) in [5, 5.41) is 13.1. The van der Waals surface area contributed by atoms with Crippen molar-refractivity contribution < 1.29 is 18.7 Å². The molecule has 6 heteroatoms. The second-order valence-corrected chi connectivity index (χ2v) is 5.77. The number of carbonyl (C=O) groups excluding carboxylic acids is 1. The van der Waals surface area contributed by atoms with E-state index in [0.717, 1.165) is 5.56 Å². The lowest BCUT2D eigenvalue weighted by atomic mass is 10.0. The maximum absolute atomic E-state index is 12.2. The number of amides is 1. The number of nitrogens with zero attached hydrogens (tertiary/aromatic N) is 1. The molecular formula is C18H18N2O4. The second-order valence-electron chi connectivity index (χ2n) is 5.77. The third-order valence-corrected chi connectivity index (χ3v) is 3.62. The summed E-state index contributed by atoms with van der Waals surface area (Å²) < 4.78 is 10.8. The molecule has 0 saturated heterocycles. The van der Waals surface area contributed by atoms with Gasteiger partial charge in [-0.1, -0.05) is 18.2 Å². The van der Waals surface area contributed by atoms with Crippen molar-refractivity contribution in [2.24, 2.45) is 0 Å². The number of nitrogens with one attached hydrogen (secondary N) is 1. The van der Waals surface area contributed by atoms with Crippen LogP contribution in [0.5, 0.6) is 0 Å². The summed E-state index contributed by atoms with van der Waals surface area (Å²) in [4.78, 5) is 16.4. The average Bonchev–Trinajstić information content (AvgIpc) is 3.23. The van der Waals surface area contributed by atoms with Gasteiger partial charge < -0.3 is 19.3 Å². The van der Waals surface area contributed by atoms with E-state index in [-0.39, 0.29) is 12.2 Å². The van der Waals surface area contributed by atoms with Gasteiger partial charge in [0.15, 0.2) is 5.69 Å². The predicted octanol–water partition coefficient (Wildman–Crippen LogP) is 2.88. The van der Waals surface area contributed by atoms with Gasteiger partial charge in [0.05, 0.1) is 6.54 Å². The van der Waals surface area contributed by atoms with Crippen molar-refractivity contribution in [1.29, 1.82) is 0 Å². The van der Waals surface area contributed by atoms with Crippen LogP contribution >= 0.6 is 0 Å². The summed E-state index contributed by atoms with van der Waals surface area (Å²) in [6, 6.07) is 12.7. The number of hydrogen-bond donors (Lipinski definition) is 2. The standard InChI is InChI=1S/C18H18N2O4/c1-12-8-9-15(24-12)18(2,22)11-19-16(21)14-10-23-17(20-14)13-6-4-3-5-7-13/h3-10,22H,11H2,1-2H3,(H,19,21). The van der Waals surface area contributed by atoms with Crippen LogP contribution < -0.4 is 5.32 Å². The second kappa shape index (κ2) is 6.33. The summed E-state index contributed by atoms with van der Waals surface area (Å²) in [6.45, 7) is 3.36. The van der Waals surface area contributed by atoms with Crippen molar-refractivity contribution in [3.05, 3.63) is 65.9 Å². The minimum Gasteiger partial charge on any atom is -0.463 e. The van der Waals surface area contributed by atoms with Crippen LogP contribution in [0.4, 0.5) is 0 Å². The molecule has 6 nitrogen and oxygen atoms in total. The van der Waals surface area contributed by atoms with Gasteiger partial charge in [-0.15, -0.1) is 0 Å². The van der Waals surface area contributed by atoms with Crippen LogP contribution in [-0.2, 0) is 5.60 Å². The maximum Gasteiger partial charge on any atom is 0.273 e. The first kappa shape index (κ1) is 16.0. The molecule has 0 saturated carbocycles. The minimum absolute atomic E-state index is 0.00762. The fraction of sp³-hybridized carbons (Fsp3) is 0.222. The highest BCUT2D eigenvalue weighted by molar-refractivity contribution is 5.92. The molecule has 1 unspecified atom stereocenters. The number of aliphatic hydroxyl groups is 1. The first-order chi connectivity index (χ1) is 11.5. The molecule has 2 aromatic heterocycles. The maximum atomic E-state index is 12.2. The minimum atomic E-state index is -1.31. The molecule has 1 aromatic carbocycles. The van der Waals surface area contributed by atoms with Gasteiger partial charge in [-0.2, -0.15) is 0 Å². The Morgan fingerprint density at radius 3 is 2.67 bits per heavy atom. The molecule has 2 heterocycles. The van der Waals surface area contributed by atoms with Crippen LogP contribution in [0.1, 0.15) is 28.9 Å². The predicted molar refractivity (Wildman–Crippen MR) is 87.3 cm³/mol. The van der Waals surface area contributed by atoms with Gasteiger partial charge in [0.1, 0.15) is 23.4 Å². The van der Waals surface area contributed by atoms with E-state index in [9.17, 15) is 9.90 Å². The Bertz CT molecular complexity index is 834. The number of rotatable bonds is 5. The Hall–Kier alpha value is -2.86. The highest BCUT2D eigenvalue weighted by Crippen LogP contribution is 2.22. The Labute approximate surface area is 139 Å². The topological polar surface area (TPSA) is 88.5 Å². The van der Waals surface area contributed by atoms with Crippen LogP contribution in [0.15, 0.2) is 57.6 Å². The molecule has 0 aliphatic heterocycles. The number of aromatic nitrogens is 1. The zero-order valence-electron chi connectivity index (χ0n) is 13.4. The van der Waals surface area contributed by atoms with E-state index in [1.807, 2.05) is 30.3 Å². The number of oxazole rings is 1. The van der Waals surface area contributed by atoms with Crippen molar-refractivity contribution in [2.45, 2.75) is 19.4 Å². The molecule has 1 atom stereocenters. The van der Waals surface area contributed by atoms with E-state index >= 15 is 0 Å². The van der Waals surface area contributed by atoms with Gasteiger partial charge in [0.2, 0.25) is 5.89 Å². The molecule has 2 N–H and O–H groups in total. The van der Waals surface area contributed by atoms with E-state index in [4.69, 9.17) is 8.83 Å². The smallest absolute Gasteiger partial charge is 0.273 e. The SMILES string of the molecule is Cc1ccc(C(C)(O)CNC(=O)c2coc(-c3ccccc3)n2)o1. The van der Waals surface area contributed by atoms with Crippen molar-refractivity contribution in [1.82, 2.24) is 10.3 Å². The van der Waals surface area contributed by atoms with Gasteiger partial charge >= 0.3 is 0 Å². The van der Waals surface area contributed by atoms with Gasteiger partial charge in [-0.3, -0.25) is 4.79 Å². The largest absolute Gasteiger partial charge is 0.463 e. The van der Waals surface area contributed by atoms with Crippen molar-refractivity contribution in [3.63, 3.8) is 0 Å². The molecule has 0 aliphatic carbocycles. The fourth-order valence-electron chi connectivity index (χ4n) is 2.25. The van der Waals surface area contributed by atoms with Gasteiger partial charge in [-0.05, 0) is 38.1 Å². The molecule has 1 amide bonds. The Morgan fingerprint density at radius 1 is 1.25 bits per heavy atom. The van der Waals surface area contributed by atoms with Crippen LogP contribution in [-0.4, -0.2) is 22.5 Å². The number of furan rings is 1.